The topological polar surface area (TPSA) is 37.4 Å². The van der Waals surface area contributed by atoms with Gasteiger partial charge in [0.15, 0.2) is 10.9 Å². The maximum Gasteiger partial charge on any atom is 0.171 e. The first-order chi connectivity index (χ1) is 8.24. The number of aromatic nitrogens is 1. The van der Waals surface area contributed by atoms with E-state index in [9.17, 15) is 0 Å². The molecular formula is C12H18ClN3O. The second-order valence-corrected chi connectivity index (χ2v) is 4.63. The lowest BCUT2D eigenvalue weighted by molar-refractivity contribution is 0.154. The van der Waals surface area contributed by atoms with Crippen LogP contribution in [0.2, 0.25) is 5.15 Å². The van der Waals surface area contributed by atoms with Gasteiger partial charge in [-0.3, -0.25) is 5.43 Å². The molecule has 2 heterocycles. The van der Waals surface area contributed by atoms with Gasteiger partial charge in [-0.15, -0.1) is 0 Å². The van der Waals surface area contributed by atoms with Gasteiger partial charge in [0.25, 0.3) is 0 Å². The predicted octanol–water partition coefficient (Wildman–Crippen LogP) is 2.06. The number of pyridine rings is 1. The van der Waals surface area contributed by atoms with E-state index in [2.05, 4.69) is 15.4 Å². The van der Waals surface area contributed by atoms with Crippen LogP contribution >= 0.6 is 11.6 Å². The van der Waals surface area contributed by atoms with E-state index in [1.165, 1.54) is 18.4 Å². The van der Waals surface area contributed by atoms with Crippen LogP contribution in [-0.2, 0) is 0 Å². The molecule has 1 saturated heterocycles. The Morgan fingerprint density at radius 2 is 2.41 bits per heavy atom. The minimum Gasteiger partial charge on any atom is -0.494 e. The summed E-state index contributed by atoms with van der Waals surface area (Å²) in [5, 5.41) is 2.66. The number of hydrogen-bond donors (Lipinski definition) is 1. The number of hydrogen-bond acceptors (Lipinski definition) is 4. The standard InChI is InChI=1S/C12H18ClN3O/c1-14-16-5-3-4-9(8-16)10-6-11(17-2)12(13)15-7-10/h6-7,9,14H,3-5,8H2,1-2H3/t9-/m1/s1. The molecule has 17 heavy (non-hydrogen) atoms. The van der Waals surface area contributed by atoms with E-state index in [-0.39, 0.29) is 0 Å². The molecule has 4 nitrogen and oxygen atoms in total. The highest BCUT2D eigenvalue weighted by atomic mass is 35.5. The third kappa shape index (κ3) is 2.89. The molecule has 1 N–H and O–H groups in total. The monoisotopic (exact) mass is 255 g/mol. The number of halogens is 1. The van der Waals surface area contributed by atoms with Crippen LogP contribution in [0.4, 0.5) is 0 Å². The van der Waals surface area contributed by atoms with Crippen LogP contribution in [0.3, 0.4) is 0 Å². The first kappa shape index (κ1) is 12.6. The summed E-state index contributed by atoms with van der Waals surface area (Å²) in [6.07, 6.45) is 4.23. The Bertz CT molecular complexity index is 386. The fourth-order valence-electron chi connectivity index (χ4n) is 2.26. The molecule has 0 saturated carbocycles. The average Bonchev–Trinajstić information content (AvgIpc) is 2.39. The summed E-state index contributed by atoms with van der Waals surface area (Å²) in [5.41, 5.74) is 4.40. The van der Waals surface area contributed by atoms with Crippen molar-refractivity contribution in [3.8, 4) is 5.75 Å². The van der Waals surface area contributed by atoms with Crippen LogP contribution in [0.5, 0.6) is 5.75 Å². The van der Waals surface area contributed by atoms with Gasteiger partial charge in [0, 0.05) is 19.3 Å². The lowest BCUT2D eigenvalue weighted by Crippen LogP contribution is -2.42. The molecule has 0 aromatic carbocycles. The van der Waals surface area contributed by atoms with E-state index in [1.807, 2.05) is 19.3 Å². The summed E-state index contributed by atoms with van der Waals surface area (Å²) >= 11 is 5.93. The summed E-state index contributed by atoms with van der Waals surface area (Å²) in [6.45, 7) is 2.11. The quantitative estimate of drug-likeness (QED) is 0.839. The summed E-state index contributed by atoms with van der Waals surface area (Å²) < 4.78 is 5.21. The van der Waals surface area contributed by atoms with Crippen molar-refractivity contribution in [1.82, 2.24) is 15.4 Å². The van der Waals surface area contributed by atoms with E-state index >= 15 is 0 Å². The largest absolute Gasteiger partial charge is 0.494 e. The third-order valence-corrected chi connectivity index (χ3v) is 3.54. The summed E-state index contributed by atoms with van der Waals surface area (Å²) in [7, 11) is 3.58. The second kappa shape index (κ2) is 5.67. The van der Waals surface area contributed by atoms with Gasteiger partial charge in [0.05, 0.1) is 7.11 Å². The molecule has 0 radical (unpaired) electrons. The number of rotatable bonds is 3. The van der Waals surface area contributed by atoms with Gasteiger partial charge in [0.1, 0.15) is 0 Å². The molecular weight excluding hydrogens is 238 g/mol. The lowest BCUT2D eigenvalue weighted by atomic mass is 9.92. The zero-order valence-electron chi connectivity index (χ0n) is 10.2. The Balaban J connectivity index is 2.16. The molecule has 0 unspecified atom stereocenters. The molecule has 1 atom stereocenters. The number of nitrogens with one attached hydrogen (secondary N) is 1. The third-order valence-electron chi connectivity index (χ3n) is 3.26. The zero-order valence-corrected chi connectivity index (χ0v) is 11.0. The molecule has 1 fully saturated rings. The van der Waals surface area contributed by atoms with E-state index < -0.39 is 0 Å². The minimum atomic E-state index is 0.428. The van der Waals surface area contributed by atoms with Gasteiger partial charge < -0.3 is 4.74 Å². The van der Waals surface area contributed by atoms with Crippen LogP contribution < -0.4 is 10.2 Å². The van der Waals surface area contributed by atoms with Crippen LogP contribution in [0, 0.1) is 0 Å². The first-order valence-corrected chi connectivity index (χ1v) is 6.24. The van der Waals surface area contributed by atoms with Crippen LogP contribution in [0.1, 0.15) is 24.3 Å². The van der Waals surface area contributed by atoms with Crippen molar-refractivity contribution in [2.75, 3.05) is 27.2 Å². The van der Waals surface area contributed by atoms with Crippen molar-refractivity contribution in [2.24, 2.45) is 0 Å². The van der Waals surface area contributed by atoms with E-state index in [4.69, 9.17) is 16.3 Å². The van der Waals surface area contributed by atoms with Crippen molar-refractivity contribution >= 4 is 11.6 Å². The molecule has 1 aliphatic heterocycles. The van der Waals surface area contributed by atoms with E-state index in [0.29, 0.717) is 16.8 Å². The predicted molar refractivity (Wildman–Crippen MR) is 68.4 cm³/mol. The molecule has 2 rings (SSSR count). The molecule has 0 bridgehead atoms. The number of ether oxygens (including phenoxy) is 1. The maximum atomic E-state index is 5.93. The Morgan fingerprint density at radius 1 is 1.59 bits per heavy atom. The molecule has 1 aromatic heterocycles. The Labute approximate surface area is 107 Å². The number of nitrogens with zero attached hydrogens (tertiary/aromatic N) is 2. The van der Waals surface area contributed by atoms with Gasteiger partial charge in [-0.05, 0) is 37.4 Å². The van der Waals surface area contributed by atoms with Gasteiger partial charge >= 0.3 is 0 Å². The molecule has 5 heteroatoms. The van der Waals surface area contributed by atoms with Crippen molar-refractivity contribution in [2.45, 2.75) is 18.8 Å². The number of methoxy groups -OCH3 is 1. The molecule has 0 aliphatic carbocycles. The van der Waals surface area contributed by atoms with Crippen molar-refractivity contribution < 1.29 is 4.74 Å². The van der Waals surface area contributed by atoms with Crippen LogP contribution in [0.25, 0.3) is 0 Å². The smallest absolute Gasteiger partial charge is 0.171 e. The number of hydrazine groups is 1. The van der Waals surface area contributed by atoms with E-state index in [0.717, 1.165) is 13.1 Å². The molecule has 0 spiro atoms. The molecule has 1 aromatic rings. The SMILES string of the molecule is CNN1CCC[C@@H](c2cnc(Cl)c(OC)c2)C1. The Kier molecular flexibility index (Phi) is 4.20. The van der Waals surface area contributed by atoms with E-state index in [1.54, 1.807) is 7.11 Å². The van der Waals surface area contributed by atoms with Gasteiger partial charge in [0.2, 0.25) is 0 Å². The fourth-order valence-corrected chi connectivity index (χ4v) is 2.44. The normalized spacial score (nSPS) is 21.5. The highest BCUT2D eigenvalue weighted by Crippen LogP contribution is 2.30. The highest BCUT2D eigenvalue weighted by molar-refractivity contribution is 6.30. The Hall–Kier alpha value is -0.840. The summed E-state index contributed by atoms with van der Waals surface area (Å²) in [4.78, 5) is 4.18. The number of piperidine rings is 1. The maximum absolute atomic E-state index is 5.93. The van der Waals surface area contributed by atoms with Crippen LogP contribution in [-0.4, -0.2) is 37.2 Å². The second-order valence-electron chi connectivity index (χ2n) is 4.27. The summed E-state index contributed by atoms with van der Waals surface area (Å²) in [5.74, 6) is 1.15. The van der Waals surface area contributed by atoms with Crippen molar-refractivity contribution in [3.05, 3.63) is 23.0 Å². The first-order valence-electron chi connectivity index (χ1n) is 5.86. The van der Waals surface area contributed by atoms with Gasteiger partial charge in [-0.2, -0.15) is 0 Å². The van der Waals surface area contributed by atoms with Crippen molar-refractivity contribution in [1.29, 1.82) is 0 Å². The fraction of sp³-hybridized carbons (Fsp3) is 0.583. The zero-order chi connectivity index (χ0) is 12.3. The molecule has 0 amide bonds. The minimum absolute atomic E-state index is 0.428. The van der Waals surface area contributed by atoms with Crippen LogP contribution in [0.15, 0.2) is 12.3 Å². The lowest BCUT2D eigenvalue weighted by Gasteiger charge is -2.32. The van der Waals surface area contributed by atoms with Gasteiger partial charge in [-0.25, -0.2) is 9.99 Å². The average molecular weight is 256 g/mol. The summed E-state index contributed by atoms with van der Waals surface area (Å²) in [6, 6.07) is 2.00. The van der Waals surface area contributed by atoms with Gasteiger partial charge in [-0.1, -0.05) is 11.6 Å². The van der Waals surface area contributed by atoms with Crippen molar-refractivity contribution in [3.63, 3.8) is 0 Å². The molecule has 1 aliphatic rings. The molecule has 94 valence electrons. The highest BCUT2D eigenvalue weighted by Gasteiger charge is 2.21. The Morgan fingerprint density at radius 3 is 3.12 bits per heavy atom.